The summed E-state index contributed by atoms with van der Waals surface area (Å²) in [6.07, 6.45) is 5.53. The lowest BCUT2D eigenvalue weighted by molar-refractivity contribution is 0.189. The fourth-order valence-electron chi connectivity index (χ4n) is 4.12. The van der Waals surface area contributed by atoms with Gasteiger partial charge in [-0.2, -0.15) is 0 Å². The molecule has 2 heteroatoms. The van der Waals surface area contributed by atoms with Crippen LogP contribution in [0.25, 0.3) is 0 Å². The molecule has 24 heavy (non-hydrogen) atoms. The number of hydrogen-bond acceptors (Lipinski definition) is 1. The van der Waals surface area contributed by atoms with E-state index in [1.807, 2.05) is 0 Å². The first kappa shape index (κ1) is 17.6. The zero-order valence-electron chi connectivity index (χ0n) is 15.2. The van der Waals surface area contributed by atoms with Crippen LogP contribution < -0.4 is 10.6 Å². The Hall–Kier alpha value is -1.17. The van der Waals surface area contributed by atoms with Gasteiger partial charge in [0.25, 0.3) is 0 Å². The summed E-state index contributed by atoms with van der Waals surface area (Å²) in [5.41, 5.74) is 0.788. The van der Waals surface area contributed by atoms with Gasteiger partial charge < -0.3 is 4.90 Å². The van der Waals surface area contributed by atoms with Gasteiger partial charge in [0.05, 0.1) is 0 Å². The summed E-state index contributed by atoms with van der Waals surface area (Å²) in [6, 6.07) is 23.2. The second-order valence-corrected chi connectivity index (χ2v) is 9.70. The Bertz CT molecular complexity index is 571. The number of rotatable bonds is 5. The van der Waals surface area contributed by atoms with Gasteiger partial charge in [-0.1, -0.05) is 73.5 Å². The van der Waals surface area contributed by atoms with Gasteiger partial charge >= 0.3 is 0 Å². The fourth-order valence-corrected chi connectivity index (χ4v) is 7.39. The van der Waals surface area contributed by atoms with Crippen LogP contribution in [-0.4, -0.2) is 30.7 Å². The molecule has 0 amide bonds. The monoisotopic (exact) mass is 339 g/mol. The SMILES string of the molecule is C[C@H](C1CCCCC1P(c1ccccc1)c1ccccc1)N(C)C. The molecule has 128 valence electrons. The molecular formula is C22H30NP. The average Bonchev–Trinajstić information content (AvgIpc) is 2.63. The van der Waals surface area contributed by atoms with E-state index < -0.39 is 0 Å². The van der Waals surface area contributed by atoms with Crippen LogP contribution in [0.3, 0.4) is 0 Å². The molecule has 1 saturated carbocycles. The Morgan fingerprint density at radius 3 is 1.83 bits per heavy atom. The Morgan fingerprint density at radius 1 is 0.833 bits per heavy atom. The van der Waals surface area contributed by atoms with Crippen molar-refractivity contribution in [2.24, 2.45) is 5.92 Å². The van der Waals surface area contributed by atoms with Gasteiger partial charge in [-0.3, -0.25) is 0 Å². The van der Waals surface area contributed by atoms with Crippen molar-refractivity contribution in [2.45, 2.75) is 44.3 Å². The minimum atomic E-state index is -0.292. The van der Waals surface area contributed by atoms with Crippen LogP contribution in [0.15, 0.2) is 60.7 Å². The van der Waals surface area contributed by atoms with Crippen LogP contribution in [-0.2, 0) is 0 Å². The molecule has 1 aliphatic rings. The maximum atomic E-state index is 2.42. The lowest BCUT2D eigenvalue weighted by Crippen LogP contribution is -2.42. The Kier molecular flexibility index (Phi) is 6.09. The van der Waals surface area contributed by atoms with Crippen LogP contribution in [0.5, 0.6) is 0 Å². The van der Waals surface area contributed by atoms with E-state index in [2.05, 4.69) is 86.6 Å². The molecule has 1 nitrogen and oxygen atoms in total. The maximum Gasteiger partial charge on any atom is 0.00953 e. The van der Waals surface area contributed by atoms with Gasteiger partial charge in [0.15, 0.2) is 0 Å². The van der Waals surface area contributed by atoms with E-state index in [-0.39, 0.29) is 7.92 Å². The highest BCUT2D eigenvalue weighted by Gasteiger charge is 2.36. The van der Waals surface area contributed by atoms with Crippen LogP contribution in [0.1, 0.15) is 32.6 Å². The minimum Gasteiger partial charge on any atom is -0.306 e. The van der Waals surface area contributed by atoms with Gasteiger partial charge in [0, 0.05) is 6.04 Å². The first-order valence-electron chi connectivity index (χ1n) is 9.24. The molecule has 0 N–H and O–H groups in total. The third-order valence-electron chi connectivity index (χ3n) is 5.62. The Morgan fingerprint density at radius 2 is 1.33 bits per heavy atom. The summed E-state index contributed by atoms with van der Waals surface area (Å²) in [5, 5.41) is 3.09. The molecule has 2 unspecified atom stereocenters. The van der Waals surface area contributed by atoms with E-state index >= 15 is 0 Å². The van der Waals surface area contributed by atoms with E-state index in [9.17, 15) is 0 Å². The average molecular weight is 339 g/mol. The topological polar surface area (TPSA) is 3.24 Å². The Balaban J connectivity index is 2.00. The maximum absolute atomic E-state index is 2.42. The summed E-state index contributed by atoms with van der Waals surface area (Å²) in [6.45, 7) is 2.42. The molecular weight excluding hydrogens is 309 g/mol. The van der Waals surface area contributed by atoms with Crippen molar-refractivity contribution in [1.29, 1.82) is 0 Å². The first-order chi connectivity index (χ1) is 11.7. The second-order valence-electron chi connectivity index (χ2n) is 7.26. The van der Waals surface area contributed by atoms with E-state index in [1.165, 1.54) is 25.7 Å². The van der Waals surface area contributed by atoms with Gasteiger partial charge in [-0.05, 0) is 64.0 Å². The van der Waals surface area contributed by atoms with E-state index in [1.54, 1.807) is 10.6 Å². The molecule has 0 saturated heterocycles. The highest BCUT2D eigenvalue weighted by atomic mass is 31.1. The lowest BCUT2D eigenvalue weighted by Gasteiger charge is -2.42. The van der Waals surface area contributed by atoms with Crippen LogP contribution in [0.4, 0.5) is 0 Å². The molecule has 1 fully saturated rings. The third kappa shape index (κ3) is 3.90. The molecule has 2 aromatic rings. The molecule has 1 aliphatic carbocycles. The highest BCUT2D eigenvalue weighted by Crippen LogP contribution is 2.50. The molecule has 3 atom stereocenters. The molecule has 0 bridgehead atoms. The quantitative estimate of drug-likeness (QED) is 0.718. The zero-order chi connectivity index (χ0) is 16.9. The minimum absolute atomic E-state index is 0.292. The predicted octanol–water partition coefficient (Wildman–Crippen LogP) is 4.63. The molecule has 2 aromatic carbocycles. The lowest BCUT2D eigenvalue weighted by atomic mass is 9.83. The molecule has 0 spiro atoms. The molecule has 3 rings (SSSR count). The van der Waals surface area contributed by atoms with E-state index in [0.717, 1.165) is 11.6 Å². The Labute approximate surface area is 148 Å². The summed E-state index contributed by atoms with van der Waals surface area (Å²) in [7, 11) is 4.19. The van der Waals surface area contributed by atoms with Gasteiger partial charge in [0.2, 0.25) is 0 Å². The largest absolute Gasteiger partial charge is 0.306 e. The molecule has 0 heterocycles. The van der Waals surface area contributed by atoms with Crippen molar-refractivity contribution in [1.82, 2.24) is 4.90 Å². The van der Waals surface area contributed by atoms with E-state index in [0.29, 0.717) is 6.04 Å². The molecule has 0 radical (unpaired) electrons. The predicted molar refractivity (Wildman–Crippen MR) is 108 cm³/mol. The highest BCUT2D eigenvalue weighted by molar-refractivity contribution is 7.73. The normalized spacial score (nSPS) is 22.7. The van der Waals surface area contributed by atoms with Crippen LogP contribution >= 0.6 is 7.92 Å². The van der Waals surface area contributed by atoms with Crippen molar-refractivity contribution in [3.63, 3.8) is 0 Å². The van der Waals surface area contributed by atoms with Crippen molar-refractivity contribution < 1.29 is 0 Å². The van der Waals surface area contributed by atoms with Gasteiger partial charge in [-0.25, -0.2) is 0 Å². The second kappa shape index (κ2) is 8.28. The molecule has 0 aromatic heterocycles. The zero-order valence-corrected chi connectivity index (χ0v) is 16.1. The summed E-state index contributed by atoms with van der Waals surface area (Å²) in [5.74, 6) is 0.792. The number of benzene rings is 2. The van der Waals surface area contributed by atoms with Crippen molar-refractivity contribution in [3.05, 3.63) is 60.7 Å². The fraction of sp³-hybridized carbons (Fsp3) is 0.455. The number of nitrogens with zero attached hydrogens (tertiary/aromatic N) is 1. The van der Waals surface area contributed by atoms with Crippen LogP contribution in [0, 0.1) is 5.92 Å². The number of hydrogen-bond donors (Lipinski definition) is 0. The van der Waals surface area contributed by atoms with Crippen molar-refractivity contribution in [3.8, 4) is 0 Å². The summed E-state index contributed by atoms with van der Waals surface area (Å²) >= 11 is 0. The van der Waals surface area contributed by atoms with Crippen molar-refractivity contribution in [2.75, 3.05) is 14.1 Å². The summed E-state index contributed by atoms with van der Waals surface area (Å²) in [4.78, 5) is 2.42. The standard InChI is InChI=1S/C22H30NP/c1-18(23(2)3)21-16-10-11-17-22(21)24(19-12-6-4-7-13-19)20-14-8-5-9-15-20/h4-9,12-15,18,21-22H,10-11,16-17H2,1-3H3/t18-,21?,22?/m1/s1. The first-order valence-corrected chi connectivity index (χ1v) is 10.7. The van der Waals surface area contributed by atoms with Crippen LogP contribution in [0.2, 0.25) is 0 Å². The smallest absolute Gasteiger partial charge is 0.00953 e. The van der Waals surface area contributed by atoms with Gasteiger partial charge in [0.1, 0.15) is 0 Å². The third-order valence-corrected chi connectivity index (χ3v) is 8.63. The van der Waals surface area contributed by atoms with E-state index in [4.69, 9.17) is 0 Å². The molecule has 0 aliphatic heterocycles. The summed E-state index contributed by atoms with van der Waals surface area (Å²) < 4.78 is 0. The van der Waals surface area contributed by atoms with Gasteiger partial charge in [-0.15, -0.1) is 0 Å². The van der Waals surface area contributed by atoms with Crippen molar-refractivity contribution >= 4 is 18.5 Å².